The molecular formula is C21H24F3N5O2. The summed E-state index contributed by atoms with van der Waals surface area (Å²) in [6.45, 7) is 2.43. The van der Waals surface area contributed by atoms with Gasteiger partial charge >= 0.3 is 6.03 Å². The van der Waals surface area contributed by atoms with Crippen molar-refractivity contribution in [2.75, 3.05) is 6.54 Å². The fraction of sp³-hybridized carbons (Fsp3) is 0.476. The molecule has 3 N–H and O–H groups in total. The van der Waals surface area contributed by atoms with Crippen molar-refractivity contribution in [3.63, 3.8) is 0 Å². The van der Waals surface area contributed by atoms with Gasteiger partial charge < -0.3 is 16.0 Å². The molecule has 0 atom stereocenters. The van der Waals surface area contributed by atoms with Crippen LogP contribution in [0, 0.1) is 12.7 Å². The summed E-state index contributed by atoms with van der Waals surface area (Å²) in [6, 6.07) is 3.78. The van der Waals surface area contributed by atoms with Gasteiger partial charge in [0, 0.05) is 31.0 Å². The molecular weight excluding hydrogens is 411 g/mol. The van der Waals surface area contributed by atoms with E-state index in [0.717, 1.165) is 0 Å². The number of hydrogen-bond donors (Lipinski definition) is 2. The van der Waals surface area contributed by atoms with Crippen molar-refractivity contribution in [2.45, 2.75) is 57.7 Å². The lowest BCUT2D eigenvalue weighted by atomic mass is 9.92. The van der Waals surface area contributed by atoms with Crippen molar-refractivity contribution < 1.29 is 22.8 Å². The maximum Gasteiger partial charge on any atom is 0.318 e. The van der Waals surface area contributed by atoms with Crippen LogP contribution in [-0.2, 0) is 13.1 Å². The monoisotopic (exact) mass is 435 g/mol. The predicted molar refractivity (Wildman–Crippen MR) is 107 cm³/mol. The first-order chi connectivity index (χ1) is 14.6. The summed E-state index contributed by atoms with van der Waals surface area (Å²) in [5.41, 5.74) is 7.65. The number of urea groups is 1. The Morgan fingerprint density at radius 2 is 1.94 bits per heavy atom. The number of aromatic nitrogens is 2. The van der Waals surface area contributed by atoms with Crippen LogP contribution in [0.1, 0.15) is 47.3 Å². The molecule has 10 heteroatoms. The molecule has 166 valence electrons. The van der Waals surface area contributed by atoms with Gasteiger partial charge in [0.1, 0.15) is 11.5 Å². The first-order valence-corrected chi connectivity index (χ1v) is 10.2. The van der Waals surface area contributed by atoms with Crippen LogP contribution in [0.5, 0.6) is 0 Å². The van der Waals surface area contributed by atoms with E-state index in [9.17, 15) is 22.8 Å². The Balaban J connectivity index is 1.54. The summed E-state index contributed by atoms with van der Waals surface area (Å²) in [6.07, 6.45) is -0.0236. The lowest BCUT2D eigenvalue weighted by Gasteiger charge is -2.33. The molecule has 4 rings (SSSR count). The first kappa shape index (κ1) is 21.2. The van der Waals surface area contributed by atoms with Gasteiger partial charge in [0.05, 0.1) is 24.3 Å². The van der Waals surface area contributed by atoms with Crippen LogP contribution in [0.15, 0.2) is 18.2 Å². The van der Waals surface area contributed by atoms with Gasteiger partial charge in [-0.2, -0.15) is 5.10 Å². The third-order valence-corrected chi connectivity index (χ3v) is 5.99. The van der Waals surface area contributed by atoms with E-state index in [4.69, 9.17) is 5.73 Å². The number of amides is 3. The zero-order valence-corrected chi connectivity index (χ0v) is 17.1. The summed E-state index contributed by atoms with van der Waals surface area (Å²) in [4.78, 5) is 26.5. The average Bonchev–Trinajstić information content (AvgIpc) is 3.10. The molecule has 1 fully saturated rings. The standard InChI is InChI=1S/C21H24F3N5O2/c1-12-10-13(2-3-15(12)22)18-17(19(25)30)16-11-28(8-9-29(16)27-18)20(31)26-14-4-6-21(23,24)7-5-14/h2-3,10,14H,4-9,11H2,1H3,(H2,25,30)(H,26,31). The maximum absolute atomic E-state index is 13.7. The zero-order valence-electron chi connectivity index (χ0n) is 17.1. The predicted octanol–water partition coefficient (Wildman–Crippen LogP) is 3.20. The third kappa shape index (κ3) is 4.24. The van der Waals surface area contributed by atoms with E-state index in [2.05, 4.69) is 10.4 Å². The molecule has 2 aromatic rings. The lowest BCUT2D eigenvalue weighted by Crippen LogP contribution is -2.49. The fourth-order valence-corrected chi connectivity index (χ4v) is 4.19. The fourth-order valence-electron chi connectivity index (χ4n) is 4.19. The second-order valence-corrected chi connectivity index (χ2v) is 8.22. The van der Waals surface area contributed by atoms with Crippen molar-refractivity contribution in [1.29, 1.82) is 0 Å². The highest BCUT2D eigenvalue weighted by Crippen LogP contribution is 2.33. The number of alkyl halides is 2. The molecule has 3 amide bonds. The molecule has 1 saturated carbocycles. The van der Waals surface area contributed by atoms with Crippen LogP contribution in [0.4, 0.5) is 18.0 Å². The third-order valence-electron chi connectivity index (χ3n) is 5.99. The van der Waals surface area contributed by atoms with Crippen molar-refractivity contribution in [3.05, 3.63) is 40.8 Å². The molecule has 1 aromatic carbocycles. The van der Waals surface area contributed by atoms with Gasteiger partial charge in [-0.1, -0.05) is 0 Å². The van der Waals surface area contributed by atoms with Gasteiger partial charge in [-0.15, -0.1) is 0 Å². The normalized spacial score (nSPS) is 18.5. The van der Waals surface area contributed by atoms with Crippen LogP contribution in [0.3, 0.4) is 0 Å². The number of fused-ring (bicyclic) bond motifs is 1. The number of carbonyl (C=O) groups excluding carboxylic acids is 2. The van der Waals surface area contributed by atoms with Gasteiger partial charge in [-0.05, 0) is 43.5 Å². The van der Waals surface area contributed by atoms with Gasteiger partial charge in [0.15, 0.2) is 0 Å². The van der Waals surface area contributed by atoms with Crippen LogP contribution in [0.2, 0.25) is 0 Å². The Bertz CT molecular complexity index is 1030. The van der Waals surface area contributed by atoms with E-state index >= 15 is 0 Å². The molecule has 31 heavy (non-hydrogen) atoms. The number of primary amides is 1. The largest absolute Gasteiger partial charge is 0.365 e. The number of hydrogen-bond acceptors (Lipinski definition) is 3. The number of benzene rings is 1. The molecule has 0 radical (unpaired) electrons. The van der Waals surface area contributed by atoms with E-state index in [1.807, 2.05) is 0 Å². The van der Waals surface area contributed by atoms with Crippen LogP contribution in [0.25, 0.3) is 11.3 Å². The Morgan fingerprint density at radius 3 is 2.58 bits per heavy atom. The Hall–Kier alpha value is -3.04. The molecule has 2 heterocycles. The Labute approximate surface area is 177 Å². The van der Waals surface area contributed by atoms with Crippen molar-refractivity contribution in [2.24, 2.45) is 5.73 Å². The van der Waals surface area contributed by atoms with Crippen LogP contribution < -0.4 is 11.1 Å². The number of halogens is 3. The maximum atomic E-state index is 13.7. The zero-order chi connectivity index (χ0) is 22.3. The summed E-state index contributed by atoms with van der Waals surface area (Å²) >= 11 is 0. The number of aryl methyl sites for hydroxylation is 1. The highest BCUT2D eigenvalue weighted by molar-refractivity contribution is 6.00. The van der Waals surface area contributed by atoms with Crippen LogP contribution >= 0.6 is 0 Å². The second-order valence-electron chi connectivity index (χ2n) is 8.22. The van der Waals surface area contributed by atoms with Gasteiger partial charge in [-0.25, -0.2) is 18.0 Å². The van der Waals surface area contributed by atoms with E-state index in [1.54, 1.807) is 17.7 Å². The molecule has 7 nitrogen and oxygen atoms in total. The highest BCUT2D eigenvalue weighted by atomic mass is 19.3. The van der Waals surface area contributed by atoms with E-state index in [0.29, 0.717) is 35.6 Å². The Kier molecular flexibility index (Phi) is 5.40. The molecule has 1 aromatic heterocycles. The Morgan fingerprint density at radius 1 is 1.23 bits per heavy atom. The minimum absolute atomic E-state index is 0.111. The molecule has 0 saturated heterocycles. The quantitative estimate of drug-likeness (QED) is 0.775. The molecule has 1 aliphatic heterocycles. The highest BCUT2D eigenvalue weighted by Gasteiger charge is 2.36. The molecule has 0 bridgehead atoms. The molecule has 1 aliphatic carbocycles. The number of carbonyl (C=O) groups is 2. The number of nitrogens with one attached hydrogen (secondary N) is 1. The first-order valence-electron chi connectivity index (χ1n) is 10.2. The van der Waals surface area contributed by atoms with Gasteiger partial charge in [0.25, 0.3) is 5.91 Å². The number of rotatable bonds is 3. The topological polar surface area (TPSA) is 93.2 Å². The smallest absolute Gasteiger partial charge is 0.318 e. The van der Waals surface area contributed by atoms with Crippen molar-refractivity contribution >= 4 is 11.9 Å². The van der Waals surface area contributed by atoms with Gasteiger partial charge in [0.2, 0.25) is 5.92 Å². The van der Waals surface area contributed by atoms with Crippen molar-refractivity contribution in [3.8, 4) is 11.3 Å². The van der Waals surface area contributed by atoms with Gasteiger partial charge in [-0.3, -0.25) is 9.48 Å². The van der Waals surface area contributed by atoms with Crippen LogP contribution in [-0.4, -0.2) is 45.1 Å². The minimum Gasteiger partial charge on any atom is -0.365 e. The van der Waals surface area contributed by atoms with E-state index < -0.39 is 11.8 Å². The molecule has 0 spiro atoms. The lowest BCUT2D eigenvalue weighted by molar-refractivity contribution is -0.0398. The van der Waals surface area contributed by atoms with Crippen molar-refractivity contribution in [1.82, 2.24) is 20.0 Å². The SMILES string of the molecule is Cc1cc(-c2nn3c(c2C(N)=O)CN(C(=O)NC2CCC(F)(F)CC2)CC3)ccc1F. The summed E-state index contributed by atoms with van der Waals surface area (Å²) < 4.78 is 42.0. The summed E-state index contributed by atoms with van der Waals surface area (Å²) in [7, 11) is 0. The second kappa shape index (κ2) is 7.90. The summed E-state index contributed by atoms with van der Waals surface area (Å²) in [5, 5.41) is 7.31. The number of nitrogens with zero attached hydrogens (tertiary/aromatic N) is 3. The van der Waals surface area contributed by atoms with E-state index in [1.165, 1.54) is 17.0 Å². The molecule has 2 aliphatic rings. The average molecular weight is 435 g/mol. The van der Waals surface area contributed by atoms with E-state index in [-0.39, 0.29) is 55.7 Å². The minimum atomic E-state index is -2.66. The summed E-state index contributed by atoms with van der Waals surface area (Å²) in [5.74, 6) is -3.71. The number of nitrogens with two attached hydrogens (primary N) is 1. The molecule has 0 unspecified atom stereocenters.